The minimum atomic E-state index is -0.504. The Balaban J connectivity index is 2.03. The predicted octanol–water partition coefficient (Wildman–Crippen LogP) is 2.82. The topological polar surface area (TPSA) is 52.6 Å². The average Bonchev–Trinajstić information content (AvgIpc) is 2.37. The number of anilines is 1. The van der Waals surface area contributed by atoms with E-state index in [-0.39, 0.29) is 11.9 Å². The fourth-order valence-corrected chi connectivity index (χ4v) is 2.37. The van der Waals surface area contributed by atoms with Gasteiger partial charge in [-0.15, -0.1) is 0 Å². The Kier molecular flexibility index (Phi) is 4.42. The molecule has 1 fully saturated rings. The van der Waals surface area contributed by atoms with Gasteiger partial charge in [0, 0.05) is 17.6 Å². The Hall–Kier alpha value is -1.14. The summed E-state index contributed by atoms with van der Waals surface area (Å²) in [5.74, 6) is -0.212. The number of rotatable bonds is 1. The molecule has 104 valence electrons. The molecule has 2 atom stereocenters. The maximum absolute atomic E-state index is 13.1. The molecule has 2 rings (SSSR count). The van der Waals surface area contributed by atoms with E-state index in [4.69, 9.17) is 0 Å². The minimum absolute atomic E-state index is 0.199. The first-order chi connectivity index (χ1) is 8.97. The summed E-state index contributed by atoms with van der Waals surface area (Å²) >= 11 is 3.26. The van der Waals surface area contributed by atoms with Crippen LogP contribution in [0.2, 0.25) is 0 Å². The molecule has 2 amide bonds. The van der Waals surface area contributed by atoms with Crippen LogP contribution in [0.15, 0.2) is 22.7 Å². The van der Waals surface area contributed by atoms with Gasteiger partial charge in [-0.2, -0.15) is 0 Å². The number of β-amino-alcohol motifs (C(OH)–C–C–N with tert-alkyl or cyclic N) is 1. The van der Waals surface area contributed by atoms with Crippen LogP contribution in [0, 0.1) is 11.7 Å². The highest BCUT2D eigenvalue weighted by Crippen LogP contribution is 2.24. The second kappa shape index (κ2) is 5.88. The van der Waals surface area contributed by atoms with E-state index in [2.05, 4.69) is 21.2 Å². The average molecular weight is 331 g/mol. The van der Waals surface area contributed by atoms with E-state index in [0.29, 0.717) is 23.2 Å². The number of aliphatic hydroxyl groups is 1. The molecule has 0 aromatic heterocycles. The fourth-order valence-electron chi connectivity index (χ4n) is 2.02. The van der Waals surface area contributed by atoms with Gasteiger partial charge in [0.2, 0.25) is 0 Å². The largest absolute Gasteiger partial charge is 0.391 e. The van der Waals surface area contributed by atoms with Gasteiger partial charge in [-0.25, -0.2) is 9.18 Å². The number of carbonyl (C=O) groups is 1. The molecule has 19 heavy (non-hydrogen) atoms. The van der Waals surface area contributed by atoms with Gasteiger partial charge in [-0.05, 0) is 46.5 Å². The van der Waals surface area contributed by atoms with Crippen molar-refractivity contribution in [2.75, 3.05) is 18.4 Å². The van der Waals surface area contributed by atoms with Gasteiger partial charge in [-0.3, -0.25) is 0 Å². The van der Waals surface area contributed by atoms with Crippen molar-refractivity contribution >= 4 is 27.6 Å². The van der Waals surface area contributed by atoms with Crippen molar-refractivity contribution in [2.45, 2.75) is 19.4 Å². The van der Waals surface area contributed by atoms with Gasteiger partial charge >= 0.3 is 6.03 Å². The number of urea groups is 1. The Morgan fingerprint density at radius 3 is 3.00 bits per heavy atom. The molecule has 2 unspecified atom stereocenters. The molecule has 1 aromatic rings. The number of likely N-dealkylation sites (tertiary alicyclic amines) is 1. The molecule has 1 aliphatic heterocycles. The van der Waals surface area contributed by atoms with Crippen LogP contribution in [0.5, 0.6) is 0 Å². The number of hydrogen-bond donors (Lipinski definition) is 2. The fraction of sp³-hybridized carbons (Fsp3) is 0.462. The van der Waals surface area contributed by atoms with Crippen LogP contribution in [0.1, 0.15) is 13.3 Å². The van der Waals surface area contributed by atoms with Crippen molar-refractivity contribution in [1.82, 2.24) is 4.90 Å². The summed E-state index contributed by atoms with van der Waals surface area (Å²) < 4.78 is 13.7. The summed E-state index contributed by atoms with van der Waals surface area (Å²) in [6.07, 6.45) is 0.259. The Labute approximate surface area is 119 Å². The lowest BCUT2D eigenvalue weighted by Crippen LogP contribution is -2.47. The second-order valence-electron chi connectivity index (χ2n) is 4.83. The standard InChI is InChI=1S/C13H16BrFN2O2/c1-8-4-5-17(7-12(8)18)13(19)16-11-6-9(15)2-3-10(11)14/h2-3,6,8,12,18H,4-5,7H2,1H3,(H,16,19). The van der Waals surface area contributed by atoms with Gasteiger partial charge < -0.3 is 15.3 Å². The summed E-state index contributed by atoms with van der Waals surface area (Å²) in [6.45, 7) is 2.86. The van der Waals surface area contributed by atoms with Crippen molar-refractivity contribution in [1.29, 1.82) is 0 Å². The first-order valence-electron chi connectivity index (χ1n) is 6.16. The van der Waals surface area contributed by atoms with E-state index in [1.54, 1.807) is 4.90 Å². The number of hydrogen-bond acceptors (Lipinski definition) is 2. The number of nitrogens with one attached hydrogen (secondary N) is 1. The van der Waals surface area contributed by atoms with E-state index in [1.807, 2.05) is 6.92 Å². The monoisotopic (exact) mass is 330 g/mol. The lowest BCUT2D eigenvalue weighted by atomic mass is 9.96. The number of aliphatic hydroxyl groups excluding tert-OH is 1. The van der Waals surface area contributed by atoms with E-state index < -0.39 is 11.9 Å². The first-order valence-corrected chi connectivity index (χ1v) is 6.95. The quantitative estimate of drug-likeness (QED) is 0.831. The van der Waals surface area contributed by atoms with E-state index in [9.17, 15) is 14.3 Å². The van der Waals surface area contributed by atoms with Crippen LogP contribution in [0.4, 0.5) is 14.9 Å². The van der Waals surface area contributed by atoms with Crippen LogP contribution in [0.3, 0.4) is 0 Å². The lowest BCUT2D eigenvalue weighted by Gasteiger charge is -2.34. The zero-order chi connectivity index (χ0) is 14.0. The number of halogens is 2. The number of benzene rings is 1. The Morgan fingerprint density at radius 2 is 2.32 bits per heavy atom. The molecule has 1 saturated heterocycles. The van der Waals surface area contributed by atoms with Gasteiger partial charge in [0.25, 0.3) is 0 Å². The number of piperidine rings is 1. The van der Waals surface area contributed by atoms with Gasteiger partial charge in [0.1, 0.15) is 5.82 Å². The third-order valence-corrected chi connectivity index (χ3v) is 4.07. The molecule has 1 heterocycles. The number of nitrogens with zero attached hydrogens (tertiary/aromatic N) is 1. The molecule has 1 aromatic carbocycles. The van der Waals surface area contributed by atoms with Crippen LogP contribution in [0.25, 0.3) is 0 Å². The highest BCUT2D eigenvalue weighted by Gasteiger charge is 2.27. The SMILES string of the molecule is CC1CCN(C(=O)Nc2cc(F)ccc2Br)CC1O. The molecule has 1 aliphatic rings. The summed E-state index contributed by atoms with van der Waals surface area (Å²) in [7, 11) is 0. The molecular weight excluding hydrogens is 315 g/mol. The minimum Gasteiger partial charge on any atom is -0.391 e. The van der Waals surface area contributed by atoms with Crippen LogP contribution >= 0.6 is 15.9 Å². The molecular formula is C13H16BrFN2O2. The maximum Gasteiger partial charge on any atom is 0.321 e. The van der Waals surface area contributed by atoms with Gasteiger partial charge in [0.15, 0.2) is 0 Å². The van der Waals surface area contributed by atoms with Crippen molar-refractivity contribution in [3.63, 3.8) is 0 Å². The summed E-state index contributed by atoms with van der Waals surface area (Å²) in [5.41, 5.74) is 0.387. The zero-order valence-electron chi connectivity index (χ0n) is 10.6. The smallest absolute Gasteiger partial charge is 0.321 e. The molecule has 0 bridgehead atoms. The van der Waals surface area contributed by atoms with Crippen LogP contribution in [-0.4, -0.2) is 35.2 Å². The van der Waals surface area contributed by atoms with Crippen molar-refractivity contribution in [3.05, 3.63) is 28.5 Å². The molecule has 0 aliphatic carbocycles. The number of amides is 2. The molecule has 0 radical (unpaired) electrons. The normalized spacial score (nSPS) is 23.3. The van der Waals surface area contributed by atoms with E-state index in [1.165, 1.54) is 18.2 Å². The molecule has 0 spiro atoms. The highest BCUT2D eigenvalue weighted by molar-refractivity contribution is 9.10. The summed E-state index contributed by atoms with van der Waals surface area (Å²) in [5, 5.41) is 12.4. The van der Waals surface area contributed by atoms with Crippen molar-refractivity contribution in [2.24, 2.45) is 5.92 Å². The first kappa shape index (κ1) is 14.3. The maximum atomic E-state index is 13.1. The zero-order valence-corrected chi connectivity index (χ0v) is 12.2. The summed E-state index contributed by atoms with van der Waals surface area (Å²) in [4.78, 5) is 13.6. The third-order valence-electron chi connectivity index (χ3n) is 3.38. The van der Waals surface area contributed by atoms with Gasteiger partial charge in [0.05, 0.1) is 11.8 Å². The summed E-state index contributed by atoms with van der Waals surface area (Å²) in [6, 6.07) is 3.78. The van der Waals surface area contributed by atoms with Gasteiger partial charge in [-0.1, -0.05) is 6.92 Å². The lowest BCUT2D eigenvalue weighted by molar-refractivity contribution is 0.0463. The Morgan fingerprint density at radius 1 is 1.58 bits per heavy atom. The van der Waals surface area contributed by atoms with E-state index >= 15 is 0 Å². The van der Waals surface area contributed by atoms with E-state index in [0.717, 1.165) is 6.42 Å². The van der Waals surface area contributed by atoms with Crippen LogP contribution < -0.4 is 5.32 Å². The predicted molar refractivity (Wildman–Crippen MR) is 74.5 cm³/mol. The third kappa shape index (κ3) is 3.45. The van der Waals surface area contributed by atoms with Crippen molar-refractivity contribution < 1.29 is 14.3 Å². The molecule has 0 saturated carbocycles. The molecule has 2 N–H and O–H groups in total. The number of carbonyl (C=O) groups excluding carboxylic acids is 1. The molecule has 4 nitrogen and oxygen atoms in total. The van der Waals surface area contributed by atoms with Crippen molar-refractivity contribution in [3.8, 4) is 0 Å². The Bertz CT molecular complexity index is 484. The van der Waals surface area contributed by atoms with Crippen LogP contribution in [-0.2, 0) is 0 Å². The highest BCUT2D eigenvalue weighted by atomic mass is 79.9. The molecule has 6 heteroatoms. The second-order valence-corrected chi connectivity index (χ2v) is 5.69.